The van der Waals surface area contributed by atoms with Crippen LogP contribution in [0, 0.1) is 11.6 Å². The van der Waals surface area contributed by atoms with Crippen molar-refractivity contribution in [1.82, 2.24) is 4.90 Å². The Kier molecular flexibility index (Phi) is 5.68. The number of amides is 1. The third kappa shape index (κ3) is 4.06. The Labute approximate surface area is 134 Å². The van der Waals surface area contributed by atoms with Gasteiger partial charge in [-0.2, -0.15) is 0 Å². The molecule has 23 heavy (non-hydrogen) atoms. The van der Waals surface area contributed by atoms with Crippen LogP contribution in [0.3, 0.4) is 0 Å². The first-order valence-electron chi connectivity index (χ1n) is 7.51. The smallest absolute Gasteiger partial charge is 0.254 e. The van der Waals surface area contributed by atoms with Crippen LogP contribution in [0.2, 0.25) is 0 Å². The van der Waals surface area contributed by atoms with E-state index in [0.29, 0.717) is 24.2 Å². The predicted octanol–water partition coefficient (Wildman–Crippen LogP) is 4.03. The van der Waals surface area contributed by atoms with Gasteiger partial charge in [0, 0.05) is 30.3 Å². The molecule has 2 aromatic rings. The molecule has 0 saturated carbocycles. The Hall–Kier alpha value is -2.43. The van der Waals surface area contributed by atoms with E-state index in [-0.39, 0.29) is 18.3 Å². The van der Waals surface area contributed by atoms with E-state index in [0.717, 1.165) is 12.1 Å². The number of ether oxygens (including phenoxy) is 1. The lowest BCUT2D eigenvalue weighted by molar-refractivity contribution is 0.0770. The number of carbonyl (C=O) groups is 1. The highest BCUT2D eigenvalue weighted by Crippen LogP contribution is 2.20. The molecule has 0 aromatic heterocycles. The summed E-state index contributed by atoms with van der Waals surface area (Å²) in [6.45, 7) is 5.07. The summed E-state index contributed by atoms with van der Waals surface area (Å²) in [7, 11) is 0. The molecule has 0 spiro atoms. The van der Waals surface area contributed by atoms with Crippen LogP contribution in [0.15, 0.2) is 42.5 Å². The molecule has 0 aliphatic rings. The van der Waals surface area contributed by atoms with Gasteiger partial charge in [-0.05, 0) is 32.0 Å². The quantitative estimate of drug-likeness (QED) is 0.804. The lowest BCUT2D eigenvalue weighted by Crippen LogP contribution is -2.31. The SMILES string of the molecule is CCN(CC)C(=O)c1ccccc1COc1ccc(F)cc1F. The molecule has 0 fully saturated rings. The first kappa shape index (κ1) is 16.9. The Morgan fingerprint density at radius 3 is 2.43 bits per heavy atom. The average molecular weight is 319 g/mol. The maximum Gasteiger partial charge on any atom is 0.254 e. The summed E-state index contributed by atoms with van der Waals surface area (Å²) in [4.78, 5) is 14.2. The fourth-order valence-electron chi connectivity index (χ4n) is 2.28. The predicted molar refractivity (Wildman–Crippen MR) is 84.4 cm³/mol. The van der Waals surface area contributed by atoms with E-state index in [4.69, 9.17) is 4.74 Å². The molecule has 2 aromatic carbocycles. The second-order valence-corrected chi connectivity index (χ2v) is 5.00. The van der Waals surface area contributed by atoms with Crippen molar-refractivity contribution >= 4 is 5.91 Å². The first-order chi connectivity index (χ1) is 11.1. The molecule has 0 unspecified atom stereocenters. The molecule has 0 aliphatic carbocycles. The third-order valence-corrected chi connectivity index (χ3v) is 3.58. The summed E-state index contributed by atoms with van der Waals surface area (Å²) >= 11 is 0. The van der Waals surface area contributed by atoms with Gasteiger partial charge in [0.1, 0.15) is 12.4 Å². The second kappa shape index (κ2) is 7.72. The van der Waals surface area contributed by atoms with Gasteiger partial charge in [0.05, 0.1) is 0 Å². The maximum absolute atomic E-state index is 13.6. The van der Waals surface area contributed by atoms with Crippen LogP contribution in [-0.4, -0.2) is 23.9 Å². The second-order valence-electron chi connectivity index (χ2n) is 5.00. The molecular formula is C18H19F2NO2. The summed E-state index contributed by atoms with van der Waals surface area (Å²) in [5.41, 5.74) is 1.19. The zero-order valence-corrected chi connectivity index (χ0v) is 13.2. The molecule has 1 amide bonds. The van der Waals surface area contributed by atoms with Gasteiger partial charge in [-0.1, -0.05) is 18.2 Å². The lowest BCUT2D eigenvalue weighted by Gasteiger charge is -2.20. The summed E-state index contributed by atoms with van der Waals surface area (Å²) in [5.74, 6) is -1.56. The van der Waals surface area contributed by atoms with Gasteiger partial charge in [-0.15, -0.1) is 0 Å². The Morgan fingerprint density at radius 2 is 1.78 bits per heavy atom. The van der Waals surface area contributed by atoms with E-state index >= 15 is 0 Å². The maximum atomic E-state index is 13.6. The molecule has 0 saturated heterocycles. The van der Waals surface area contributed by atoms with Crippen LogP contribution < -0.4 is 4.74 Å². The minimum absolute atomic E-state index is 0.0335. The van der Waals surface area contributed by atoms with E-state index in [1.165, 1.54) is 6.07 Å². The zero-order valence-electron chi connectivity index (χ0n) is 13.2. The van der Waals surface area contributed by atoms with Crippen molar-refractivity contribution in [3.05, 3.63) is 65.2 Å². The molecule has 0 N–H and O–H groups in total. The number of nitrogens with zero attached hydrogens (tertiary/aromatic N) is 1. The van der Waals surface area contributed by atoms with Gasteiger partial charge in [0.25, 0.3) is 5.91 Å². The standard InChI is InChI=1S/C18H19F2NO2/c1-3-21(4-2)18(22)15-8-6-5-7-13(15)12-23-17-10-9-14(19)11-16(17)20/h5-11H,3-4,12H2,1-2H3. The summed E-state index contributed by atoms with van der Waals surface area (Å²) in [6.07, 6.45) is 0. The zero-order chi connectivity index (χ0) is 16.8. The lowest BCUT2D eigenvalue weighted by atomic mass is 10.1. The number of benzene rings is 2. The monoisotopic (exact) mass is 319 g/mol. The van der Waals surface area contributed by atoms with Gasteiger partial charge in [-0.3, -0.25) is 4.79 Å². The Balaban J connectivity index is 2.19. The molecule has 3 nitrogen and oxygen atoms in total. The fraction of sp³-hybridized carbons (Fsp3) is 0.278. The van der Waals surface area contributed by atoms with Crippen molar-refractivity contribution in [2.24, 2.45) is 0 Å². The molecule has 122 valence electrons. The van der Waals surface area contributed by atoms with E-state index in [1.807, 2.05) is 13.8 Å². The largest absolute Gasteiger partial charge is 0.486 e. The van der Waals surface area contributed by atoms with Crippen molar-refractivity contribution in [3.63, 3.8) is 0 Å². The van der Waals surface area contributed by atoms with Crippen LogP contribution in [0.25, 0.3) is 0 Å². The van der Waals surface area contributed by atoms with Crippen LogP contribution >= 0.6 is 0 Å². The van der Waals surface area contributed by atoms with Gasteiger partial charge in [0.15, 0.2) is 11.6 Å². The van der Waals surface area contributed by atoms with Gasteiger partial charge < -0.3 is 9.64 Å². The molecule has 0 atom stereocenters. The topological polar surface area (TPSA) is 29.5 Å². The van der Waals surface area contributed by atoms with E-state index < -0.39 is 11.6 Å². The van der Waals surface area contributed by atoms with E-state index in [9.17, 15) is 13.6 Å². The van der Waals surface area contributed by atoms with Crippen LogP contribution in [0.1, 0.15) is 29.8 Å². The van der Waals surface area contributed by atoms with Crippen molar-refractivity contribution in [2.75, 3.05) is 13.1 Å². The summed E-state index contributed by atoms with van der Waals surface area (Å²) in [6, 6.07) is 10.2. The van der Waals surface area contributed by atoms with Crippen LogP contribution in [-0.2, 0) is 6.61 Å². The van der Waals surface area contributed by atoms with Gasteiger partial charge in [0.2, 0.25) is 0 Å². The minimum Gasteiger partial charge on any atom is -0.486 e. The first-order valence-corrected chi connectivity index (χ1v) is 7.51. The van der Waals surface area contributed by atoms with Crippen molar-refractivity contribution in [3.8, 4) is 5.75 Å². The van der Waals surface area contributed by atoms with Gasteiger partial charge >= 0.3 is 0 Å². The minimum atomic E-state index is -0.766. The molecule has 5 heteroatoms. The molecule has 0 bridgehead atoms. The molecule has 0 aliphatic heterocycles. The average Bonchev–Trinajstić information content (AvgIpc) is 2.55. The van der Waals surface area contributed by atoms with Crippen LogP contribution in [0.5, 0.6) is 5.75 Å². The molecule has 2 rings (SSSR count). The third-order valence-electron chi connectivity index (χ3n) is 3.58. The number of hydrogen-bond donors (Lipinski definition) is 0. The number of hydrogen-bond acceptors (Lipinski definition) is 2. The molecular weight excluding hydrogens is 300 g/mol. The molecule has 0 heterocycles. The molecule has 0 radical (unpaired) electrons. The van der Waals surface area contributed by atoms with Crippen molar-refractivity contribution in [1.29, 1.82) is 0 Å². The Morgan fingerprint density at radius 1 is 1.09 bits per heavy atom. The van der Waals surface area contributed by atoms with E-state index in [1.54, 1.807) is 29.2 Å². The Bertz CT molecular complexity index is 684. The number of carbonyl (C=O) groups excluding carboxylic acids is 1. The summed E-state index contributed by atoms with van der Waals surface area (Å²) in [5, 5.41) is 0. The van der Waals surface area contributed by atoms with E-state index in [2.05, 4.69) is 0 Å². The highest BCUT2D eigenvalue weighted by molar-refractivity contribution is 5.95. The summed E-state index contributed by atoms with van der Waals surface area (Å²) < 4.78 is 31.9. The van der Waals surface area contributed by atoms with Crippen LogP contribution in [0.4, 0.5) is 8.78 Å². The van der Waals surface area contributed by atoms with Crippen molar-refractivity contribution in [2.45, 2.75) is 20.5 Å². The number of rotatable bonds is 6. The fourth-order valence-corrected chi connectivity index (χ4v) is 2.28. The highest BCUT2D eigenvalue weighted by Gasteiger charge is 2.16. The highest BCUT2D eigenvalue weighted by atomic mass is 19.1. The normalized spacial score (nSPS) is 10.4. The van der Waals surface area contributed by atoms with Gasteiger partial charge in [-0.25, -0.2) is 8.78 Å². The number of halogens is 2. The van der Waals surface area contributed by atoms with Crippen molar-refractivity contribution < 1.29 is 18.3 Å².